The zero-order valence-electron chi connectivity index (χ0n) is 10.9. The van der Waals surface area contributed by atoms with Gasteiger partial charge in [-0.3, -0.25) is 4.79 Å². The zero-order chi connectivity index (χ0) is 13.0. The number of hydrogen-bond acceptors (Lipinski definition) is 3. The van der Waals surface area contributed by atoms with Gasteiger partial charge in [0.25, 0.3) is 0 Å². The predicted molar refractivity (Wildman–Crippen MR) is 70.6 cm³/mol. The van der Waals surface area contributed by atoms with Gasteiger partial charge in [-0.2, -0.15) is 0 Å². The summed E-state index contributed by atoms with van der Waals surface area (Å²) in [6.45, 7) is 2.93. The molecule has 0 bridgehead atoms. The van der Waals surface area contributed by atoms with E-state index in [-0.39, 0.29) is 18.0 Å². The largest absolute Gasteiger partial charge is 0.497 e. The van der Waals surface area contributed by atoms with Crippen LogP contribution < -0.4 is 15.4 Å². The molecule has 98 valence electrons. The first-order valence-corrected chi connectivity index (χ1v) is 6.38. The fraction of sp³-hybridized carbons (Fsp3) is 0.500. The molecule has 2 rings (SSSR count). The van der Waals surface area contributed by atoms with Crippen molar-refractivity contribution in [2.45, 2.75) is 31.8 Å². The minimum absolute atomic E-state index is 0.0193. The van der Waals surface area contributed by atoms with Crippen molar-refractivity contribution in [2.24, 2.45) is 0 Å². The molecule has 4 nitrogen and oxygen atoms in total. The van der Waals surface area contributed by atoms with Crippen LogP contribution in [-0.4, -0.2) is 25.6 Å². The number of benzene rings is 1. The molecule has 1 aliphatic rings. The Bertz CT molecular complexity index is 397. The summed E-state index contributed by atoms with van der Waals surface area (Å²) >= 11 is 0. The molecule has 1 amide bonds. The van der Waals surface area contributed by atoms with Gasteiger partial charge in [0.15, 0.2) is 0 Å². The fourth-order valence-corrected chi connectivity index (χ4v) is 2.20. The van der Waals surface area contributed by atoms with Crippen molar-refractivity contribution in [2.75, 3.05) is 13.7 Å². The smallest absolute Gasteiger partial charge is 0.237 e. The van der Waals surface area contributed by atoms with E-state index in [1.165, 1.54) is 0 Å². The maximum absolute atomic E-state index is 12.0. The molecule has 0 saturated carbocycles. The zero-order valence-corrected chi connectivity index (χ0v) is 10.9. The van der Waals surface area contributed by atoms with Gasteiger partial charge in [-0.15, -0.1) is 0 Å². The van der Waals surface area contributed by atoms with Crippen LogP contribution in [0.4, 0.5) is 0 Å². The highest BCUT2D eigenvalue weighted by molar-refractivity contribution is 5.82. The van der Waals surface area contributed by atoms with Crippen molar-refractivity contribution in [3.8, 4) is 5.75 Å². The Hall–Kier alpha value is -1.55. The van der Waals surface area contributed by atoms with E-state index in [2.05, 4.69) is 10.6 Å². The number of amides is 1. The average Bonchev–Trinajstić information content (AvgIpc) is 2.92. The lowest BCUT2D eigenvalue weighted by atomic mass is 10.1. The lowest BCUT2D eigenvalue weighted by Crippen LogP contribution is -2.41. The number of nitrogens with one attached hydrogen (secondary N) is 2. The van der Waals surface area contributed by atoms with E-state index in [1.54, 1.807) is 7.11 Å². The number of hydrogen-bond donors (Lipinski definition) is 2. The first kappa shape index (κ1) is 12.9. The molecule has 0 spiro atoms. The molecule has 18 heavy (non-hydrogen) atoms. The van der Waals surface area contributed by atoms with Gasteiger partial charge in [0.2, 0.25) is 5.91 Å². The molecule has 2 atom stereocenters. The van der Waals surface area contributed by atoms with Crippen molar-refractivity contribution >= 4 is 5.91 Å². The van der Waals surface area contributed by atoms with Crippen LogP contribution in [0, 0.1) is 0 Å². The van der Waals surface area contributed by atoms with Gasteiger partial charge in [0.1, 0.15) is 5.75 Å². The lowest BCUT2D eigenvalue weighted by molar-refractivity contribution is -0.123. The molecule has 0 radical (unpaired) electrons. The second-order valence-electron chi connectivity index (χ2n) is 4.65. The fourth-order valence-electron chi connectivity index (χ4n) is 2.20. The third-order valence-electron chi connectivity index (χ3n) is 3.35. The van der Waals surface area contributed by atoms with E-state index < -0.39 is 0 Å². The minimum atomic E-state index is -0.0225. The third kappa shape index (κ3) is 3.01. The standard InChI is InChI=1S/C14H20N2O2/c1-10(11-5-7-12(18-2)8-6-11)16-14(17)13-4-3-9-15-13/h5-8,10,13,15H,3-4,9H2,1-2H3,(H,16,17)/t10-,13-/m1/s1. The SMILES string of the molecule is COc1ccc([C@@H](C)NC(=O)[C@H]2CCCN2)cc1. The van der Waals surface area contributed by atoms with E-state index >= 15 is 0 Å². The Labute approximate surface area is 108 Å². The van der Waals surface area contributed by atoms with Crippen molar-refractivity contribution < 1.29 is 9.53 Å². The quantitative estimate of drug-likeness (QED) is 0.851. The predicted octanol–water partition coefficient (Wildman–Crippen LogP) is 1.62. The van der Waals surface area contributed by atoms with Crippen molar-refractivity contribution in [3.63, 3.8) is 0 Å². The average molecular weight is 248 g/mol. The molecule has 1 saturated heterocycles. The monoisotopic (exact) mass is 248 g/mol. The van der Waals surface area contributed by atoms with Crippen molar-refractivity contribution in [1.82, 2.24) is 10.6 Å². The maximum atomic E-state index is 12.0. The van der Waals surface area contributed by atoms with Crippen LogP contribution >= 0.6 is 0 Å². The summed E-state index contributed by atoms with van der Waals surface area (Å²) in [7, 11) is 1.64. The normalized spacial score (nSPS) is 20.4. The first-order valence-electron chi connectivity index (χ1n) is 6.38. The van der Waals surface area contributed by atoms with Crippen LogP contribution in [0.2, 0.25) is 0 Å². The van der Waals surface area contributed by atoms with E-state index in [9.17, 15) is 4.79 Å². The molecule has 1 aliphatic heterocycles. The van der Waals surface area contributed by atoms with Crippen LogP contribution in [0.25, 0.3) is 0 Å². The molecular formula is C14H20N2O2. The number of carbonyl (C=O) groups is 1. The number of carbonyl (C=O) groups excluding carboxylic acids is 1. The molecule has 1 heterocycles. The van der Waals surface area contributed by atoms with Crippen LogP contribution in [0.15, 0.2) is 24.3 Å². The Morgan fingerprint density at radius 1 is 1.44 bits per heavy atom. The molecule has 0 aliphatic carbocycles. The summed E-state index contributed by atoms with van der Waals surface area (Å²) in [6, 6.07) is 7.77. The van der Waals surface area contributed by atoms with Gasteiger partial charge in [0.05, 0.1) is 19.2 Å². The summed E-state index contributed by atoms with van der Waals surface area (Å²) < 4.78 is 5.11. The van der Waals surface area contributed by atoms with E-state index in [4.69, 9.17) is 4.74 Å². The lowest BCUT2D eigenvalue weighted by Gasteiger charge is -2.17. The van der Waals surface area contributed by atoms with Crippen LogP contribution in [0.5, 0.6) is 5.75 Å². The van der Waals surface area contributed by atoms with Crippen LogP contribution in [0.1, 0.15) is 31.4 Å². The second-order valence-corrected chi connectivity index (χ2v) is 4.65. The van der Waals surface area contributed by atoms with Crippen LogP contribution in [0.3, 0.4) is 0 Å². The van der Waals surface area contributed by atoms with Gasteiger partial charge < -0.3 is 15.4 Å². The summed E-state index contributed by atoms with van der Waals surface area (Å²) in [6.07, 6.45) is 2.01. The Kier molecular flexibility index (Phi) is 4.20. The topological polar surface area (TPSA) is 50.4 Å². The Balaban J connectivity index is 1.93. The molecule has 1 fully saturated rings. The van der Waals surface area contributed by atoms with Gasteiger partial charge in [-0.1, -0.05) is 12.1 Å². The van der Waals surface area contributed by atoms with Crippen LogP contribution in [-0.2, 0) is 4.79 Å². The first-order chi connectivity index (χ1) is 8.70. The number of rotatable bonds is 4. The Morgan fingerprint density at radius 2 is 2.17 bits per heavy atom. The molecule has 0 aromatic heterocycles. The molecule has 4 heteroatoms. The van der Waals surface area contributed by atoms with E-state index in [0.717, 1.165) is 30.7 Å². The third-order valence-corrected chi connectivity index (χ3v) is 3.35. The molecular weight excluding hydrogens is 228 g/mol. The molecule has 2 N–H and O–H groups in total. The van der Waals surface area contributed by atoms with Gasteiger partial charge in [-0.05, 0) is 44.0 Å². The summed E-state index contributed by atoms with van der Waals surface area (Å²) in [5.41, 5.74) is 1.09. The summed E-state index contributed by atoms with van der Waals surface area (Å²) in [4.78, 5) is 12.0. The summed E-state index contributed by atoms with van der Waals surface area (Å²) in [5, 5.41) is 6.23. The molecule has 0 unspecified atom stereocenters. The molecule has 1 aromatic rings. The van der Waals surface area contributed by atoms with Gasteiger partial charge in [0, 0.05) is 0 Å². The number of methoxy groups -OCH3 is 1. The Morgan fingerprint density at radius 3 is 2.72 bits per heavy atom. The summed E-state index contributed by atoms with van der Waals surface area (Å²) in [5.74, 6) is 0.922. The van der Waals surface area contributed by atoms with Gasteiger partial charge >= 0.3 is 0 Å². The van der Waals surface area contributed by atoms with E-state index in [0.29, 0.717) is 0 Å². The minimum Gasteiger partial charge on any atom is -0.497 e. The maximum Gasteiger partial charge on any atom is 0.237 e. The second kappa shape index (κ2) is 5.87. The van der Waals surface area contributed by atoms with Crippen molar-refractivity contribution in [1.29, 1.82) is 0 Å². The van der Waals surface area contributed by atoms with E-state index in [1.807, 2.05) is 31.2 Å². The highest BCUT2D eigenvalue weighted by atomic mass is 16.5. The number of ether oxygens (including phenoxy) is 1. The van der Waals surface area contributed by atoms with Crippen molar-refractivity contribution in [3.05, 3.63) is 29.8 Å². The highest BCUT2D eigenvalue weighted by Gasteiger charge is 2.23. The molecule has 1 aromatic carbocycles. The van der Waals surface area contributed by atoms with Gasteiger partial charge in [-0.25, -0.2) is 0 Å². The highest BCUT2D eigenvalue weighted by Crippen LogP contribution is 2.17.